The molecule has 0 saturated carbocycles. The quantitative estimate of drug-likeness (QED) is 0.157. The summed E-state index contributed by atoms with van der Waals surface area (Å²) in [6, 6.07) is 19.2. The van der Waals surface area contributed by atoms with Crippen molar-refractivity contribution in [2.45, 2.75) is 6.54 Å². The molecule has 1 N–H and O–H groups in total. The molecule has 0 atom stereocenters. The molecule has 2 aliphatic rings. The van der Waals surface area contributed by atoms with Crippen LogP contribution in [0.15, 0.2) is 93.8 Å². The molecule has 0 unspecified atom stereocenters. The molecular formula is C36H23BF6N6O. The Morgan fingerprint density at radius 2 is 1.32 bits per heavy atom. The predicted molar refractivity (Wildman–Crippen MR) is 181 cm³/mol. The fourth-order valence-electron chi connectivity index (χ4n) is 6.36. The highest BCUT2D eigenvalue weighted by molar-refractivity contribution is 6.24. The number of rotatable bonds is 5. The van der Waals surface area contributed by atoms with Crippen LogP contribution in [0.25, 0.3) is 21.5 Å². The monoisotopic (exact) mass is 680 g/mol. The van der Waals surface area contributed by atoms with Gasteiger partial charge in [0.1, 0.15) is 29.1 Å². The molecule has 0 bridgehead atoms. The van der Waals surface area contributed by atoms with Crippen LogP contribution < -0.4 is 10.1 Å². The first-order valence-corrected chi connectivity index (χ1v) is 15.4. The molecule has 0 spiro atoms. The maximum atomic E-state index is 14.8. The van der Waals surface area contributed by atoms with Gasteiger partial charge in [0, 0.05) is 46.4 Å². The second kappa shape index (κ2) is 11.8. The third kappa shape index (κ3) is 5.06. The van der Waals surface area contributed by atoms with E-state index >= 15 is 0 Å². The fraction of sp³-hybridized carbons (Fsp3) is 0.0833. The minimum absolute atomic E-state index is 0.0106. The Morgan fingerprint density at radius 3 is 2.04 bits per heavy atom. The van der Waals surface area contributed by atoms with Gasteiger partial charge in [-0.3, -0.25) is 0 Å². The zero-order chi connectivity index (χ0) is 34.8. The molecule has 0 amide bonds. The highest BCUT2D eigenvalue weighted by atomic mass is 19.2. The van der Waals surface area contributed by atoms with Crippen LogP contribution in [-0.2, 0) is 6.54 Å². The number of benzene rings is 5. The van der Waals surface area contributed by atoms with Crippen LogP contribution in [0.3, 0.4) is 0 Å². The number of aliphatic imine (C=N–C) groups is 3. The van der Waals surface area contributed by atoms with E-state index in [2.05, 4.69) is 15.3 Å². The molecule has 2 aliphatic heterocycles. The summed E-state index contributed by atoms with van der Waals surface area (Å²) in [6.07, 6.45) is 0. The van der Waals surface area contributed by atoms with Gasteiger partial charge in [0.2, 0.25) is 7.98 Å². The number of hydrogen-bond donors (Lipinski definition) is 1. The SMILES string of the molecule is Bn1c(/N=C2\N=C(NC)c3cc(F)c(F)cc32)c2cc(F)c(F)cc2c1/N=C1/c2cc(F)c(F)cc2CN1COc1cccc2ccccc12. The number of halogens is 6. The van der Waals surface area contributed by atoms with E-state index in [9.17, 15) is 26.3 Å². The topological polar surface area (TPSA) is 66.5 Å². The first-order chi connectivity index (χ1) is 24.1. The molecule has 3 heterocycles. The van der Waals surface area contributed by atoms with Crippen molar-refractivity contribution in [3.05, 3.63) is 136 Å². The zero-order valence-electron chi connectivity index (χ0n) is 26.3. The zero-order valence-corrected chi connectivity index (χ0v) is 26.3. The van der Waals surface area contributed by atoms with Gasteiger partial charge in [-0.1, -0.05) is 36.4 Å². The summed E-state index contributed by atoms with van der Waals surface area (Å²) in [5.41, 5.74) is 1.16. The highest BCUT2D eigenvalue weighted by Crippen LogP contribution is 2.40. The molecule has 8 rings (SSSR count). The van der Waals surface area contributed by atoms with Crippen LogP contribution in [0.5, 0.6) is 5.75 Å². The molecule has 0 fully saturated rings. The van der Waals surface area contributed by atoms with Gasteiger partial charge in [0.05, 0.1) is 0 Å². The average molecular weight is 680 g/mol. The minimum Gasteiger partial charge on any atom is -0.472 e. The lowest BCUT2D eigenvalue weighted by Gasteiger charge is -2.20. The number of fused-ring (bicyclic) bond motifs is 4. The largest absolute Gasteiger partial charge is 0.472 e. The first kappa shape index (κ1) is 31.2. The Labute approximate surface area is 281 Å². The molecule has 6 aromatic rings. The summed E-state index contributed by atoms with van der Waals surface area (Å²) in [5, 5.41) is 4.92. The van der Waals surface area contributed by atoms with Gasteiger partial charge in [-0.2, -0.15) is 0 Å². The van der Waals surface area contributed by atoms with E-state index in [1.165, 1.54) is 4.48 Å². The van der Waals surface area contributed by atoms with Crippen molar-refractivity contribution in [1.82, 2.24) is 14.7 Å². The van der Waals surface area contributed by atoms with E-state index in [0.29, 0.717) is 11.3 Å². The molecule has 1 aromatic heterocycles. The van der Waals surface area contributed by atoms with E-state index in [0.717, 1.165) is 47.2 Å². The van der Waals surface area contributed by atoms with Gasteiger partial charge in [0.15, 0.2) is 47.5 Å². The Kier molecular flexibility index (Phi) is 7.39. The summed E-state index contributed by atoms with van der Waals surface area (Å²) in [5.74, 6) is -5.47. The molecule has 0 aliphatic carbocycles. The van der Waals surface area contributed by atoms with E-state index in [-0.39, 0.29) is 69.9 Å². The molecule has 5 aromatic carbocycles. The first-order valence-electron chi connectivity index (χ1n) is 15.4. The number of nitrogens with one attached hydrogen (secondary N) is 1. The van der Waals surface area contributed by atoms with Gasteiger partial charge < -0.3 is 19.4 Å². The summed E-state index contributed by atoms with van der Waals surface area (Å²) in [6.45, 7) is 0.0305. The van der Waals surface area contributed by atoms with Crippen LogP contribution in [0.4, 0.5) is 38.0 Å². The third-order valence-corrected chi connectivity index (χ3v) is 8.79. The van der Waals surface area contributed by atoms with Crippen LogP contribution in [0.2, 0.25) is 0 Å². The maximum Gasteiger partial charge on any atom is 0.227 e. The van der Waals surface area contributed by atoms with E-state index in [4.69, 9.17) is 9.73 Å². The summed E-state index contributed by atoms with van der Waals surface area (Å²) in [4.78, 5) is 15.5. The molecule has 50 heavy (non-hydrogen) atoms. The van der Waals surface area contributed by atoms with Crippen LogP contribution in [0, 0.1) is 34.9 Å². The van der Waals surface area contributed by atoms with Gasteiger partial charge in [0.25, 0.3) is 0 Å². The predicted octanol–water partition coefficient (Wildman–Crippen LogP) is 7.01. The number of nitrogens with zero attached hydrogens (tertiary/aromatic N) is 5. The van der Waals surface area contributed by atoms with Gasteiger partial charge in [-0.15, -0.1) is 0 Å². The molecule has 14 heteroatoms. The van der Waals surface area contributed by atoms with Crippen molar-refractivity contribution in [1.29, 1.82) is 0 Å². The second-order valence-electron chi connectivity index (χ2n) is 11.8. The van der Waals surface area contributed by atoms with Crippen LogP contribution >= 0.6 is 0 Å². The van der Waals surface area contributed by atoms with E-state index < -0.39 is 34.9 Å². The fourth-order valence-corrected chi connectivity index (χ4v) is 6.36. The van der Waals surface area contributed by atoms with Gasteiger partial charge in [-0.25, -0.2) is 41.3 Å². The van der Waals surface area contributed by atoms with Crippen LogP contribution in [-0.4, -0.2) is 48.6 Å². The summed E-state index contributed by atoms with van der Waals surface area (Å²) in [7, 11) is 3.11. The normalized spacial score (nSPS) is 15.3. The molecule has 0 saturated heterocycles. The molecule has 0 radical (unpaired) electrons. The summed E-state index contributed by atoms with van der Waals surface area (Å²) < 4.78 is 94.8. The number of hydrogen-bond acceptors (Lipinski definition) is 4. The summed E-state index contributed by atoms with van der Waals surface area (Å²) >= 11 is 0. The molecular weight excluding hydrogens is 657 g/mol. The Morgan fingerprint density at radius 1 is 0.720 bits per heavy atom. The smallest absolute Gasteiger partial charge is 0.227 e. The van der Waals surface area contributed by atoms with E-state index in [1.54, 1.807) is 26.0 Å². The maximum absolute atomic E-state index is 14.8. The van der Waals surface area contributed by atoms with Gasteiger partial charge in [-0.05, 0) is 53.4 Å². The average Bonchev–Trinajstić information content (AvgIpc) is 3.69. The van der Waals surface area contributed by atoms with E-state index in [1.807, 2.05) is 36.4 Å². The molecule has 248 valence electrons. The van der Waals surface area contributed by atoms with Crippen molar-refractivity contribution < 1.29 is 31.1 Å². The lowest BCUT2D eigenvalue weighted by atomic mass is 10.1. The van der Waals surface area contributed by atoms with Crippen molar-refractivity contribution >= 4 is 58.7 Å². The minimum atomic E-state index is -1.16. The van der Waals surface area contributed by atoms with Gasteiger partial charge >= 0.3 is 0 Å². The lowest BCUT2D eigenvalue weighted by Crippen LogP contribution is -2.29. The van der Waals surface area contributed by atoms with Crippen molar-refractivity contribution in [2.24, 2.45) is 15.0 Å². The van der Waals surface area contributed by atoms with Crippen LogP contribution in [0.1, 0.15) is 22.3 Å². The number of amidine groups is 3. The Hall–Kier alpha value is -6.05. The Bertz CT molecular complexity index is 2510. The number of aromatic nitrogens is 1. The van der Waals surface area contributed by atoms with Crippen molar-refractivity contribution in [2.75, 3.05) is 13.8 Å². The standard InChI is InChI=1S/C36H23BF6N6O/c1-44-32-21-11-27(40)28(41)12-22(21)33(45-32)46-35-23-13-29(42)30(43)14-24(23)36(49(35)37)47-34-20-10-26(39)25(38)9-18(20)15-48(34)16-50-31-8-4-6-17-5-2-3-7-19(17)31/h2-14H,15-16,37H2,1H3,(H,44,45,46)/b47-34-. The van der Waals surface area contributed by atoms with Crippen molar-refractivity contribution in [3.63, 3.8) is 0 Å². The second-order valence-corrected chi connectivity index (χ2v) is 11.8. The third-order valence-electron chi connectivity index (χ3n) is 8.79. The Balaban J connectivity index is 1.29. The lowest BCUT2D eigenvalue weighted by molar-refractivity contribution is 0.194. The number of ether oxygens (including phenoxy) is 1. The molecule has 7 nitrogen and oxygen atoms in total. The highest BCUT2D eigenvalue weighted by Gasteiger charge is 2.30. The van der Waals surface area contributed by atoms with Crippen molar-refractivity contribution in [3.8, 4) is 5.75 Å².